The van der Waals surface area contributed by atoms with E-state index in [1.165, 1.54) is 41.1 Å². The van der Waals surface area contributed by atoms with E-state index in [0.717, 1.165) is 6.54 Å². The summed E-state index contributed by atoms with van der Waals surface area (Å²) in [6.07, 6.45) is 2.63. The molecule has 1 aliphatic carbocycles. The molecule has 0 N–H and O–H groups in total. The van der Waals surface area contributed by atoms with Crippen LogP contribution < -0.4 is 0 Å². The van der Waals surface area contributed by atoms with Gasteiger partial charge in [0.1, 0.15) is 0 Å². The van der Waals surface area contributed by atoms with E-state index in [1.54, 1.807) is 0 Å². The van der Waals surface area contributed by atoms with E-state index in [-0.39, 0.29) is 0 Å². The summed E-state index contributed by atoms with van der Waals surface area (Å²) in [7, 11) is 0. The van der Waals surface area contributed by atoms with E-state index in [4.69, 9.17) is 4.98 Å². The highest BCUT2D eigenvalue weighted by Crippen LogP contribution is 2.46. The van der Waals surface area contributed by atoms with Gasteiger partial charge in [0, 0.05) is 46.7 Å². The summed E-state index contributed by atoms with van der Waals surface area (Å²) in [6, 6.07) is 2.78. The smallest absolute Gasteiger partial charge is 0.0494 e. The van der Waals surface area contributed by atoms with Crippen LogP contribution in [0.4, 0.5) is 0 Å². The minimum atomic E-state index is 0.490. The van der Waals surface area contributed by atoms with Crippen molar-refractivity contribution in [3.8, 4) is 0 Å². The minimum Gasteiger partial charge on any atom is -0.365 e. The second kappa shape index (κ2) is 4.36. The average Bonchev–Trinajstić information content (AvgIpc) is 3.13. The number of nitrogens with zero attached hydrogens (tertiary/aromatic N) is 2. The van der Waals surface area contributed by atoms with Gasteiger partial charge >= 0.3 is 0 Å². The predicted molar refractivity (Wildman–Crippen MR) is 80.0 cm³/mol. The lowest BCUT2D eigenvalue weighted by Crippen LogP contribution is -2.23. The van der Waals surface area contributed by atoms with Gasteiger partial charge in [-0.15, -0.1) is 0 Å². The largest absolute Gasteiger partial charge is 0.365 e. The Labute approximate surface area is 116 Å². The molecule has 1 aromatic rings. The van der Waals surface area contributed by atoms with Gasteiger partial charge in [-0.1, -0.05) is 20.4 Å². The Balaban J connectivity index is 2.09. The van der Waals surface area contributed by atoms with Crippen LogP contribution in [0.25, 0.3) is 5.70 Å². The highest BCUT2D eigenvalue weighted by Gasteiger charge is 2.34. The molecule has 0 amide bonds. The van der Waals surface area contributed by atoms with Gasteiger partial charge in [0.05, 0.1) is 0 Å². The zero-order chi connectivity index (χ0) is 13.7. The van der Waals surface area contributed by atoms with Gasteiger partial charge in [0.15, 0.2) is 0 Å². The summed E-state index contributed by atoms with van der Waals surface area (Å²) < 4.78 is 0. The van der Waals surface area contributed by atoms with Crippen molar-refractivity contribution in [3.05, 3.63) is 35.2 Å². The molecule has 2 aliphatic rings. The van der Waals surface area contributed by atoms with Crippen molar-refractivity contribution in [3.63, 3.8) is 0 Å². The second-order valence-corrected chi connectivity index (χ2v) is 6.56. The second-order valence-electron chi connectivity index (χ2n) is 6.56. The van der Waals surface area contributed by atoms with Gasteiger partial charge in [-0.25, -0.2) is 0 Å². The molecule has 0 radical (unpaired) electrons. The summed E-state index contributed by atoms with van der Waals surface area (Å²) in [6.45, 7) is 14.3. The van der Waals surface area contributed by atoms with Gasteiger partial charge in [-0.2, -0.15) is 0 Å². The summed E-state index contributed by atoms with van der Waals surface area (Å²) in [5.41, 5.74) is 6.59. The fourth-order valence-electron chi connectivity index (χ4n) is 2.94. The third-order valence-electron chi connectivity index (χ3n) is 4.34. The van der Waals surface area contributed by atoms with Crippen LogP contribution in [0.3, 0.4) is 0 Å². The summed E-state index contributed by atoms with van der Waals surface area (Å²) in [4.78, 5) is 7.37. The van der Waals surface area contributed by atoms with E-state index in [9.17, 15) is 0 Å². The maximum absolute atomic E-state index is 4.97. The zero-order valence-electron chi connectivity index (χ0n) is 12.5. The Morgan fingerprint density at radius 1 is 1.26 bits per heavy atom. The molecule has 102 valence electrons. The van der Waals surface area contributed by atoms with Crippen molar-refractivity contribution in [2.75, 3.05) is 0 Å². The van der Waals surface area contributed by atoms with Crippen LogP contribution in [-0.4, -0.2) is 15.9 Å². The van der Waals surface area contributed by atoms with Gasteiger partial charge in [-0.3, -0.25) is 4.98 Å². The van der Waals surface area contributed by atoms with Crippen molar-refractivity contribution in [2.45, 2.75) is 65.0 Å². The molecule has 2 heteroatoms. The normalized spacial score (nSPS) is 18.6. The van der Waals surface area contributed by atoms with Crippen LogP contribution in [0.2, 0.25) is 0 Å². The molecule has 0 saturated heterocycles. The molecule has 1 saturated carbocycles. The predicted octanol–water partition coefficient (Wildman–Crippen LogP) is 4.28. The first-order valence-electron chi connectivity index (χ1n) is 7.48. The summed E-state index contributed by atoms with van der Waals surface area (Å²) in [5.74, 6) is 1.20. The van der Waals surface area contributed by atoms with E-state index in [1.807, 2.05) is 0 Å². The fourth-order valence-corrected chi connectivity index (χ4v) is 2.94. The number of fused-ring (bicyclic) bond motifs is 1. The molecule has 0 aromatic carbocycles. The Morgan fingerprint density at radius 3 is 2.47 bits per heavy atom. The third kappa shape index (κ3) is 2.07. The van der Waals surface area contributed by atoms with Gasteiger partial charge < -0.3 is 4.90 Å². The lowest BCUT2D eigenvalue weighted by atomic mass is 10.00. The van der Waals surface area contributed by atoms with Crippen molar-refractivity contribution < 1.29 is 0 Å². The molecule has 0 atom stereocenters. The van der Waals surface area contributed by atoms with Crippen LogP contribution in [-0.2, 0) is 6.54 Å². The number of rotatable bonds is 3. The van der Waals surface area contributed by atoms with Crippen molar-refractivity contribution in [1.29, 1.82) is 0 Å². The molecule has 0 bridgehead atoms. The SMILES string of the molecule is C=C1c2cc(C(C)C)nc(C3CC3)c2CN1C(C)C. The maximum Gasteiger partial charge on any atom is 0.0494 e. The zero-order valence-corrected chi connectivity index (χ0v) is 12.5. The van der Waals surface area contributed by atoms with Crippen molar-refractivity contribution in [1.82, 2.24) is 9.88 Å². The first kappa shape index (κ1) is 12.7. The number of hydrogen-bond donors (Lipinski definition) is 0. The molecule has 0 spiro atoms. The monoisotopic (exact) mass is 256 g/mol. The molecule has 2 heterocycles. The van der Waals surface area contributed by atoms with E-state index >= 15 is 0 Å². The van der Waals surface area contributed by atoms with Gasteiger partial charge in [0.25, 0.3) is 0 Å². The summed E-state index contributed by atoms with van der Waals surface area (Å²) in [5, 5.41) is 0. The van der Waals surface area contributed by atoms with E-state index < -0.39 is 0 Å². The molecule has 1 aromatic heterocycles. The molecular weight excluding hydrogens is 232 g/mol. The number of hydrogen-bond acceptors (Lipinski definition) is 2. The van der Waals surface area contributed by atoms with E-state index in [0.29, 0.717) is 17.9 Å². The highest BCUT2D eigenvalue weighted by molar-refractivity contribution is 5.70. The first-order valence-corrected chi connectivity index (χ1v) is 7.48. The molecule has 1 fully saturated rings. The quantitative estimate of drug-likeness (QED) is 0.802. The Hall–Kier alpha value is -1.31. The third-order valence-corrected chi connectivity index (χ3v) is 4.34. The molecule has 1 aliphatic heterocycles. The molecule has 2 nitrogen and oxygen atoms in total. The topological polar surface area (TPSA) is 16.1 Å². The van der Waals surface area contributed by atoms with E-state index in [2.05, 4.69) is 45.2 Å². The maximum atomic E-state index is 4.97. The van der Waals surface area contributed by atoms with Crippen LogP contribution in [0.1, 0.15) is 74.9 Å². The van der Waals surface area contributed by atoms with Crippen molar-refractivity contribution in [2.24, 2.45) is 0 Å². The van der Waals surface area contributed by atoms with Crippen molar-refractivity contribution >= 4 is 5.70 Å². The summed E-state index contributed by atoms with van der Waals surface area (Å²) >= 11 is 0. The number of pyridine rings is 1. The molecule has 19 heavy (non-hydrogen) atoms. The van der Waals surface area contributed by atoms with Crippen LogP contribution >= 0.6 is 0 Å². The van der Waals surface area contributed by atoms with Crippen LogP contribution in [0.15, 0.2) is 12.6 Å². The minimum absolute atomic E-state index is 0.490. The van der Waals surface area contributed by atoms with Crippen LogP contribution in [0.5, 0.6) is 0 Å². The average molecular weight is 256 g/mol. The fraction of sp³-hybridized carbons (Fsp3) is 0.588. The number of aromatic nitrogens is 1. The first-order chi connectivity index (χ1) is 8.99. The lowest BCUT2D eigenvalue weighted by molar-refractivity contribution is 0.338. The standard InChI is InChI=1S/C17H24N2/c1-10(2)16-8-14-12(5)19(11(3)4)9-15(14)17(18-16)13-6-7-13/h8,10-11,13H,5-7,9H2,1-4H3. The molecule has 0 unspecified atom stereocenters. The van der Waals surface area contributed by atoms with Gasteiger partial charge in [-0.05, 0) is 38.7 Å². The molecule has 3 rings (SSSR count). The lowest BCUT2D eigenvalue weighted by Gasteiger charge is -2.23. The Bertz CT molecular complexity index is 524. The molecular formula is C17H24N2. The van der Waals surface area contributed by atoms with Crippen LogP contribution in [0, 0.1) is 0 Å². The van der Waals surface area contributed by atoms with Gasteiger partial charge in [0.2, 0.25) is 0 Å². The Morgan fingerprint density at radius 2 is 1.95 bits per heavy atom. The Kier molecular flexibility index (Phi) is 2.92. The highest BCUT2D eigenvalue weighted by atomic mass is 15.2.